The quantitative estimate of drug-likeness (QED) is 0.733. The predicted octanol–water partition coefficient (Wildman–Crippen LogP) is 1.41. The standard InChI is InChI=1S/C18H15N3O4/c22-16(19-9-12-5-7-13(8-6-12)18(24)25)11-21-17(23)15-4-2-1-3-14(15)10-20-21/h1-8,10H,9,11H2,(H,19,22)(H,24,25). The maximum Gasteiger partial charge on any atom is 0.335 e. The molecule has 0 aliphatic heterocycles. The van der Waals surface area contributed by atoms with Crippen LogP contribution in [0.1, 0.15) is 15.9 Å². The Bertz CT molecular complexity index is 993. The second-order valence-corrected chi connectivity index (χ2v) is 5.47. The number of fused-ring (bicyclic) bond motifs is 1. The van der Waals surface area contributed by atoms with Crippen molar-refractivity contribution in [2.24, 2.45) is 0 Å². The zero-order valence-electron chi connectivity index (χ0n) is 13.2. The van der Waals surface area contributed by atoms with Crippen molar-refractivity contribution in [1.29, 1.82) is 0 Å². The average Bonchev–Trinajstić information content (AvgIpc) is 2.63. The summed E-state index contributed by atoms with van der Waals surface area (Å²) in [5.41, 5.74) is 0.623. The van der Waals surface area contributed by atoms with Gasteiger partial charge in [0.15, 0.2) is 0 Å². The summed E-state index contributed by atoms with van der Waals surface area (Å²) in [4.78, 5) is 35.1. The number of nitrogens with zero attached hydrogens (tertiary/aromatic N) is 2. The van der Waals surface area contributed by atoms with Gasteiger partial charge in [0.25, 0.3) is 5.56 Å². The smallest absolute Gasteiger partial charge is 0.335 e. The van der Waals surface area contributed by atoms with E-state index in [9.17, 15) is 14.4 Å². The summed E-state index contributed by atoms with van der Waals surface area (Å²) in [5, 5.41) is 16.8. The van der Waals surface area contributed by atoms with Gasteiger partial charge in [-0.15, -0.1) is 0 Å². The molecule has 0 aliphatic carbocycles. The van der Waals surface area contributed by atoms with Gasteiger partial charge in [-0.1, -0.05) is 30.3 Å². The van der Waals surface area contributed by atoms with Crippen LogP contribution in [0.4, 0.5) is 0 Å². The molecule has 3 rings (SSSR count). The molecule has 7 nitrogen and oxygen atoms in total. The van der Waals surface area contributed by atoms with E-state index in [1.807, 2.05) is 6.07 Å². The molecule has 0 radical (unpaired) electrons. The Morgan fingerprint density at radius 2 is 1.80 bits per heavy atom. The van der Waals surface area contributed by atoms with Crippen LogP contribution >= 0.6 is 0 Å². The lowest BCUT2D eigenvalue weighted by Gasteiger charge is -2.08. The number of carbonyl (C=O) groups is 2. The molecule has 0 fully saturated rings. The second-order valence-electron chi connectivity index (χ2n) is 5.47. The highest BCUT2D eigenvalue weighted by atomic mass is 16.4. The second kappa shape index (κ2) is 6.96. The lowest BCUT2D eigenvalue weighted by molar-refractivity contribution is -0.122. The fourth-order valence-corrected chi connectivity index (χ4v) is 2.40. The third kappa shape index (κ3) is 3.72. The van der Waals surface area contributed by atoms with E-state index in [2.05, 4.69) is 10.4 Å². The number of rotatable bonds is 5. The summed E-state index contributed by atoms with van der Waals surface area (Å²) < 4.78 is 1.12. The molecule has 0 atom stereocenters. The van der Waals surface area contributed by atoms with Crippen LogP contribution in [0.15, 0.2) is 59.5 Å². The molecule has 0 aliphatic rings. The van der Waals surface area contributed by atoms with E-state index >= 15 is 0 Å². The van der Waals surface area contributed by atoms with E-state index in [0.717, 1.165) is 15.6 Å². The van der Waals surface area contributed by atoms with Crippen molar-refractivity contribution in [3.05, 3.63) is 76.2 Å². The van der Waals surface area contributed by atoms with Gasteiger partial charge < -0.3 is 10.4 Å². The highest BCUT2D eigenvalue weighted by Crippen LogP contribution is 2.06. The number of carboxylic acid groups (broad SMARTS) is 1. The number of carbonyl (C=O) groups excluding carboxylic acids is 1. The number of benzene rings is 2. The Morgan fingerprint density at radius 3 is 2.52 bits per heavy atom. The summed E-state index contributed by atoms with van der Waals surface area (Å²) in [6.45, 7) is 0.0535. The largest absolute Gasteiger partial charge is 0.478 e. The van der Waals surface area contributed by atoms with Gasteiger partial charge in [-0.3, -0.25) is 9.59 Å². The normalized spacial score (nSPS) is 10.6. The summed E-state index contributed by atoms with van der Waals surface area (Å²) in [6, 6.07) is 13.3. The van der Waals surface area contributed by atoms with Gasteiger partial charge in [-0.25, -0.2) is 9.48 Å². The minimum atomic E-state index is -1.00. The van der Waals surface area contributed by atoms with Crippen molar-refractivity contribution < 1.29 is 14.7 Å². The van der Waals surface area contributed by atoms with Gasteiger partial charge in [0.05, 0.1) is 17.1 Å². The highest BCUT2D eigenvalue weighted by Gasteiger charge is 2.08. The summed E-state index contributed by atoms with van der Waals surface area (Å²) in [6.07, 6.45) is 1.55. The van der Waals surface area contributed by atoms with Gasteiger partial charge in [0.2, 0.25) is 5.91 Å². The van der Waals surface area contributed by atoms with E-state index in [1.54, 1.807) is 36.5 Å². The van der Waals surface area contributed by atoms with Crippen LogP contribution in [0.5, 0.6) is 0 Å². The average molecular weight is 337 g/mol. The van der Waals surface area contributed by atoms with Gasteiger partial charge >= 0.3 is 5.97 Å². The molecule has 3 aromatic rings. The molecule has 2 aromatic carbocycles. The van der Waals surface area contributed by atoms with E-state index in [0.29, 0.717) is 5.39 Å². The maximum absolute atomic E-state index is 12.3. The Labute approximate surface area is 142 Å². The number of amides is 1. The van der Waals surface area contributed by atoms with E-state index < -0.39 is 5.97 Å². The van der Waals surface area contributed by atoms with E-state index in [4.69, 9.17) is 5.11 Å². The number of aromatic carboxylic acids is 1. The molecule has 1 amide bonds. The Kier molecular flexibility index (Phi) is 4.56. The SMILES string of the molecule is O=C(Cn1ncc2ccccc2c1=O)NCc1ccc(C(=O)O)cc1. The zero-order chi connectivity index (χ0) is 17.8. The molecule has 25 heavy (non-hydrogen) atoms. The number of hydrogen-bond acceptors (Lipinski definition) is 4. The minimum absolute atomic E-state index is 0.182. The molecule has 0 spiro atoms. The van der Waals surface area contributed by atoms with Crippen LogP contribution in [0, 0.1) is 0 Å². The molecule has 2 N–H and O–H groups in total. The van der Waals surface area contributed by atoms with Crippen LogP contribution in [-0.4, -0.2) is 26.8 Å². The van der Waals surface area contributed by atoms with Crippen LogP contribution in [0.2, 0.25) is 0 Å². The van der Waals surface area contributed by atoms with Crippen LogP contribution in [-0.2, 0) is 17.9 Å². The first-order valence-corrected chi connectivity index (χ1v) is 7.58. The third-order valence-corrected chi connectivity index (χ3v) is 3.75. The van der Waals surface area contributed by atoms with Gasteiger partial charge in [-0.05, 0) is 23.8 Å². The van der Waals surface area contributed by atoms with E-state index in [-0.39, 0.29) is 30.1 Å². The van der Waals surface area contributed by atoms with Crippen molar-refractivity contribution in [3.8, 4) is 0 Å². The number of carboxylic acids is 1. The monoisotopic (exact) mass is 337 g/mol. The fourth-order valence-electron chi connectivity index (χ4n) is 2.40. The van der Waals surface area contributed by atoms with Crippen molar-refractivity contribution in [2.75, 3.05) is 0 Å². The Balaban J connectivity index is 1.66. The first-order valence-electron chi connectivity index (χ1n) is 7.58. The van der Waals surface area contributed by atoms with Crippen molar-refractivity contribution in [1.82, 2.24) is 15.1 Å². The first-order chi connectivity index (χ1) is 12.0. The van der Waals surface area contributed by atoms with Gasteiger partial charge in [0, 0.05) is 11.9 Å². The van der Waals surface area contributed by atoms with Crippen LogP contribution < -0.4 is 10.9 Å². The van der Waals surface area contributed by atoms with Crippen molar-refractivity contribution >= 4 is 22.6 Å². The third-order valence-electron chi connectivity index (χ3n) is 3.75. The molecule has 0 saturated heterocycles. The molecule has 126 valence electrons. The molecular formula is C18H15N3O4. The summed E-state index contributed by atoms with van der Waals surface area (Å²) >= 11 is 0. The lowest BCUT2D eigenvalue weighted by atomic mass is 10.1. The fraction of sp³-hybridized carbons (Fsp3) is 0.111. The van der Waals surface area contributed by atoms with Crippen LogP contribution in [0.3, 0.4) is 0 Å². The topological polar surface area (TPSA) is 101 Å². The number of hydrogen-bond donors (Lipinski definition) is 2. The van der Waals surface area contributed by atoms with Crippen LogP contribution in [0.25, 0.3) is 10.8 Å². The van der Waals surface area contributed by atoms with Crippen molar-refractivity contribution in [2.45, 2.75) is 13.1 Å². The first kappa shape index (κ1) is 16.4. The predicted molar refractivity (Wildman–Crippen MR) is 91.3 cm³/mol. The molecule has 0 saturated carbocycles. The molecule has 0 unspecified atom stereocenters. The highest BCUT2D eigenvalue weighted by molar-refractivity contribution is 5.87. The maximum atomic E-state index is 12.3. The zero-order valence-corrected chi connectivity index (χ0v) is 13.2. The molecule has 1 heterocycles. The minimum Gasteiger partial charge on any atom is -0.478 e. The lowest BCUT2D eigenvalue weighted by Crippen LogP contribution is -2.33. The van der Waals surface area contributed by atoms with Gasteiger partial charge in [-0.2, -0.15) is 5.10 Å². The Morgan fingerprint density at radius 1 is 1.08 bits per heavy atom. The van der Waals surface area contributed by atoms with E-state index in [1.165, 1.54) is 12.1 Å². The molecule has 0 bridgehead atoms. The number of nitrogens with one attached hydrogen (secondary N) is 1. The Hall–Kier alpha value is -3.48. The van der Waals surface area contributed by atoms with Gasteiger partial charge in [0.1, 0.15) is 6.54 Å². The van der Waals surface area contributed by atoms with Crippen molar-refractivity contribution in [3.63, 3.8) is 0 Å². The summed E-state index contributed by atoms with van der Waals surface area (Å²) in [5.74, 6) is -1.36. The summed E-state index contributed by atoms with van der Waals surface area (Å²) in [7, 11) is 0. The molecule has 1 aromatic heterocycles. The number of aromatic nitrogens is 2. The molecular weight excluding hydrogens is 322 g/mol. The molecule has 7 heteroatoms.